The van der Waals surface area contributed by atoms with Gasteiger partial charge in [-0.1, -0.05) is 44.2 Å². The first-order valence-electron chi connectivity index (χ1n) is 9.71. The lowest BCUT2D eigenvalue weighted by atomic mass is 10.0. The fraction of sp³-hybridized carbons (Fsp3) is 0.217. The van der Waals surface area contributed by atoms with Crippen molar-refractivity contribution in [3.63, 3.8) is 0 Å². The molecule has 0 aliphatic carbocycles. The maximum Gasteiger partial charge on any atom is 0.273 e. The number of hydrogen-bond acceptors (Lipinski definition) is 5. The van der Waals surface area contributed by atoms with Gasteiger partial charge >= 0.3 is 0 Å². The topological polar surface area (TPSA) is 110 Å². The molecule has 0 saturated heterocycles. The summed E-state index contributed by atoms with van der Waals surface area (Å²) in [7, 11) is 1.51. The zero-order valence-corrected chi connectivity index (χ0v) is 17.3. The third kappa shape index (κ3) is 4.81. The minimum Gasteiger partial charge on any atom is -0.382 e. The van der Waals surface area contributed by atoms with Crippen molar-refractivity contribution >= 4 is 17.6 Å². The summed E-state index contributed by atoms with van der Waals surface area (Å²) in [5.74, 6) is -0.0335. The van der Waals surface area contributed by atoms with E-state index in [1.165, 1.54) is 18.8 Å². The van der Waals surface area contributed by atoms with E-state index in [-0.39, 0.29) is 17.4 Å². The molecule has 0 aliphatic heterocycles. The van der Waals surface area contributed by atoms with Crippen molar-refractivity contribution in [2.45, 2.75) is 26.3 Å². The average Bonchev–Trinajstić information content (AvgIpc) is 2.77. The molecule has 7 heteroatoms. The Morgan fingerprint density at radius 2 is 1.80 bits per heavy atom. The van der Waals surface area contributed by atoms with Crippen molar-refractivity contribution in [1.82, 2.24) is 20.6 Å². The summed E-state index contributed by atoms with van der Waals surface area (Å²) in [6, 6.07) is 15.2. The molecule has 4 N–H and O–H groups in total. The standard InChI is InChI=1S/C23H25N5O2/c1-14(2)16-7-9-17(10-8-16)22(29)27-12-15-5-4-6-18(11-15)19-13-26-21(24)20(28-19)23(30)25-3/h4-11,13-14H,12H2,1-3H3,(H2,24,26)(H,25,30)(H,27,29). The van der Waals surface area contributed by atoms with Crippen molar-refractivity contribution in [3.8, 4) is 11.3 Å². The molecule has 1 aromatic heterocycles. The molecular weight excluding hydrogens is 378 g/mol. The fourth-order valence-corrected chi connectivity index (χ4v) is 2.97. The van der Waals surface area contributed by atoms with Gasteiger partial charge in [-0.3, -0.25) is 9.59 Å². The molecule has 0 radical (unpaired) electrons. The number of benzene rings is 2. The summed E-state index contributed by atoms with van der Waals surface area (Å²) < 4.78 is 0. The number of carbonyl (C=O) groups excluding carboxylic acids is 2. The van der Waals surface area contributed by atoms with Crippen LogP contribution in [0.3, 0.4) is 0 Å². The Balaban J connectivity index is 1.73. The van der Waals surface area contributed by atoms with Gasteiger partial charge < -0.3 is 16.4 Å². The van der Waals surface area contributed by atoms with Crippen molar-refractivity contribution in [1.29, 1.82) is 0 Å². The van der Waals surface area contributed by atoms with Crippen LogP contribution < -0.4 is 16.4 Å². The first-order chi connectivity index (χ1) is 14.4. The second-order valence-corrected chi connectivity index (χ2v) is 7.23. The third-order valence-corrected chi connectivity index (χ3v) is 4.76. The molecule has 1 heterocycles. The fourth-order valence-electron chi connectivity index (χ4n) is 2.97. The smallest absolute Gasteiger partial charge is 0.273 e. The molecule has 7 nitrogen and oxygen atoms in total. The van der Waals surface area contributed by atoms with Gasteiger partial charge in [-0.2, -0.15) is 0 Å². The van der Waals surface area contributed by atoms with Crippen LogP contribution in [0, 0.1) is 0 Å². The molecule has 154 valence electrons. The number of rotatable bonds is 6. The molecule has 0 aliphatic rings. The Kier molecular flexibility index (Phi) is 6.41. The van der Waals surface area contributed by atoms with E-state index in [2.05, 4.69) is 34.4 Å². The Morgan fingerprint density at radius 1 is 1.07 bits per heavy atom. The summed E-state index contributed by atoms with van der Waals surface area (Å²) >= 11 is 0. The van der Waals surface area contributed by atoms with Gasteiger partial charge in [0.15, 0.2) is 11.5 Å². The highest BCUT2D eigenvalue weighted by molar-refractivity contribution is 5.96. The lowest BCUT2D eigenvalue weighted by molar-refractivity contribution is 0.0946. The van der Waals surface area contributed by atoms with Crippen LogP contribution in [0.15, 0.2) is 54.7 Å². The number of anilines is 1. The molecule has 0 bridgehead atoms. The van der Waals surface area contributed by atoms with E-state index in [9.17, 15) is 9.59 Å². The highest BCUT2D eigenvalue weighted by atomic mass is 16.2. The van der Waals surface area contributed by atoms with Crippen molar-refractivity contribution in [2.24, 2.45) is 0 Å². The van der Waals surface area contributed by atoms with Crippen LogP contribution in [0.5, 0.6) is 0 Å². The second-order valence-electron chi connectivity index (χ2n) is 7.23. The highest BCUT2D eigenvalue weighted by Crippen LogP contribution is 2.20. The van der Waals surface area contributed by atoms with Gasteiger partial charge in [0.05, 0.1) is 11.9 Å². The van der Waals surface area contributed by atoms with Crippen LogP contribution in [-0.2, 0) is 6.54 Å². The zero-order chi connectivity index (χ0) is 21.7. The summed E-state index contributed by atoms with van der Waals surface area (Å²) in [6.45, 7) is 4.60. The van der Waals surface area contributed by atoms with Crippen molar-refractivity contribution in [2.75, 3.05) is 12.8 Å². The number of nitrogens with two attached hydrogens (primary N) is 1. The minimum absolute atomic E-state index is 0.0741. The van der Waals surface area contributed by atoms with Crippen LogP contribution in [0.1, 0.15) is 51.7 Å². The highest BCUT2D eigenvalue weighted by Gasteiger charge is 2.13. The summed E-state index contributed by atoms with van der Waals surface area (Å²) in [5.41, 5.74) is 9.86. The predicted molar refractivity (Wildman–Crippen MR) is 117 cm³/mol. The largest absolute Gasteiger partial charge is 0.382 e. The quantitative estimate of drug-likeness (QED) is 0.586. The summed E-state index contributed by atoms with van der Waals surface area (Å²) in [6.07, 6.45) is 1.52. The van der Waals surface area contributed by atoms with Crippen molar-refractivity contribution in [3.05, 3.63) is 77.1 Å². The molecular formula is C23H25N5O2. The van der Waals surface area contributed by atoms with Gasteiger partial charge in [0.2, 0.25) is 0 Å². The number of nitrogens with zero attached hydrogens (tertiary/aromatic N) is 2. The molecule has 2 aromatic carbocycles. The van der Waals surface area contributed by atoms with Crippen LogP contribution in [0.25, 0.3) is 11.3 Å². The van der Waals surface area contributed by atoms with Gasteiger partial charge in [0.25, 0.3) is 11.8 Å². The molecule has 0 fully saturated rings. The predicted octanol–water partition coefficient (Wildman–Crippen LogP) is 3.14. The average molecular weight is 403 g/mol. The number of aromatic nitrogens is 2. The summed E-state index contributed by atoms with van der Waals surface area (Å²) in [4.78, 5) is 32.8. The molecule has 0 spiro atoms. The lowest BCUT2D eigenvalue weighted by Gasteiger charge is -2.10. The first-order valence-corrected chi connectivity index (χ1v) is 9.71. The molecule has 30 heavy (non-hydrogen) atoms. The molecule has 3 aromatic rings. The SMILES string of the molecule is CNC(=O)c1nc(-c2cccc(CNC(=O)c3ccc(C(C)C)cc3)c2)cnc1N. The maximum absolute atomic E-state index is 12.5. The number of hydrogen-bond donors (Lipinski definition) is 3. The van der Waals surface area contributed by atoms with E-state index in [1.807, 2.05) is 48.5 Å². The van der Waals surface area contributed by atoms with Crippen molar-refractivity contribution < 1.29 is 9.59 Å². The zero-order valence-electron chi connectivity index (χ0n) is 17.3. The number of amides is 2. The van der Waals surface area contributed by atoms with E-state index in [4.69, 9.17) is 5.73 Å². The van der Waals surface area contributed by atoms with Gasteiger partial charge in [-0.05, 0) is 35.2 Å². The Morgan fingerprint density at radius 3 is 2.47 bits per heavy atom. The normalized spacial score (nSPS) is 10.7. The van der Waals surface area contributed by atoms with Crippen LogP contribution in [-0.4, -0.2) is 28.8 Å². The summed E-state index contributed by atoms with van der Waals surface area (Å²) in [5, 5.41) is 5.43. The van der Waals surface area contributed by atoms with Gasteiger partial charge in [0.1, 0.15) is 0 Å². The van der Waals surface area contributed by atoms with E-state index in [0.29, 0.717) is 23.7 Å². The van der Waals surface area contributed by atoms with Gasteiger partial charge in [-0.25, -0.2) is 9.97 Å². The molecule has 3 rings (SSSR count). The lowest BCUT2D eigenvalue weighted by Crippen LogP contribution is -2.22. The number of carbonyl (C=O) groups is 2. The number of nitrogens with one attached hydrogen (secondary N) is 2. The maximum atomic E-state index is 12.5. The first kappa shape index (κ1) is 21.0. The number of nitrogen functional groups attached to an aromatic ring is 1. The Bertz CT molecular complexity index is 1060. The van der Waals surface area contributed by atoms with E-state index >= 15 is 0 Å². The molecule has 0 atom stereocenters. The minimum atomic E-state index is -0.395. The van der Waals surface area contributed by atoms with E-state index in [1.54, 1.807) is 0 Å². The third-order valence-electron chi connectivity index (χ3n) is 4.76. The second kappa shape index (κ2) is 9.17. The molecule has 0 saturated carbocycles. The van der Waals surface area contributed by atoms with Gasteiger partial charge in [0, 0.05) is 24.7 Å². The monoisotopic (exact) mass is 403 g/mol. The Hall–Kier alpha value is -3.74. The molecule has 2 amide bonds. The van der Waals surface area contributed by atoms with Crippen LogP contribution in [0.4, 0.5) is 5.82 Å². The van der Waals surface area contributed by atoms with E-state index in [0.717, 1.165) is 11.1 Å². The molecule has 0 unspecified atom stereocenters. The van der Waals surface area contributed by atoms with Crippen LogP contribution in [0.2, 0.25) is 0 Å². The van der Waals surface area contributed by atoms with Crippen LogP contribution >= 0.6 is 0 Å². The van der Waals surface area contributed by atoms with E-state index < -0.39 is 5.91 Å². The van der Waals surface area contributed by atoms with Gasteiger partial charge in [-0.15, -0.1) is 0 Å². The Labute approximate surface area is 175 Å².